The SMILES string of the molecule is CCOc1ccc(Cc2cc(C3(OC)O[C@H](CC)[C@@H](C)[C@H](OC(C)=O)[C@H]3OC(C)=O)ccc2Cl)cc1.CCOc1ccc(Cc2cc(C3(OC)O[C@H](CO)[C@@H](O)[C@H](O)[C@H]3O)ccc2Cl)cc1. The second-order valence-electron chi connectivity index (χ2n) is 16.2. The van der Waals surface area contributed by atoms with Gasteiger partial charge in [0.1, 0.15) is 42.0 Å². The predicted molar refractivity (Wildman–Crippen MR) is 247 cm³/mol. The Hall–Kier alpha value is -4.32. The summed E-state index contributed by atoms with van der Waals surface area (Å²) in [5, 5.41) is 41.6. The maximum Gasteiger partial charge on any atom is 0.303 e. The lowest BCUT2D eigenvalue weighted by Crippen LogP contribution is -2.64. The number of halogens is 2. The Morgan fingerprint density at radius 2 is 1.11 bits per heavy atom. The van der Waals surface area contributed by atoms with Crippen LogP contribution in [0, 0.1) is 5.92 Å². The Labute approximate surface area is 396 Å². The predicted octanol–water partition coefficient (Wildman–Crippen LogP) is 7.04. The van der Waals surface area contributed by atoms with E-state index in [0.29, 0.717) is 53.6 Å². The van der Waals surface area contributed by atoms with Crippen molar-refractivity contribution in [1.29, 1.82) is 0 Å². The number of esters is 2. The number of carbonyl (C=O) groups is 2. The standard InChI is InChI=1S/C28H35ClO7.C22H27ClO7/c1-7-25-17(3)26(34-18(4)30)27(35-19(5)31)28(32-6,36-25)22-11-14-24(29)21(16-22)15-20-9-12-23(13-10-20)33-8-2;1-3-29-16-7-4-13(5-8-16)10-14-11-15(6-9-17(14)23)22(28-2)21(27)20(26)19(25)18(12-24)30-22/h9-14,16-17,25-27H,7-8,15H2,1-6H3;4-9,11,18-21,24-27H,3,10,12H2,1-2H3/t17-,25-,26+,27-,28?;18-,19-,20+,21-,22?/m11/s1. The van der Waals surface area contributed by atoms with Crippen LogP contribution in [0.3, 0.4) is 0 Å². The lowest BCUT2D eigenvalue weighted by Gasteiger charge is -2.50. The second kappa shape index (κ2) is 23.6. The third kappa shape index (κ3) is 11.9. The van der Waals surface area contributed by atoms with Gasteiger partial charge >= 0.3 is 11.9 Å². The summed E-state index contributed by atoms with van der Waals surface area (Å²) in [5.74, 6) is -2.94. The van der Waals surface area contributed by atoms with Gasteiger partial charge in [0.2, 0.25) is 11.6 Å². The van der Waals surface area contributed by atoms with Crippen LogP contribution in [0.25, 0.3) is 0 Å². The summed E-state index contributed by atoms with van der Waals surface area (Å²) in [5.41, 5.74) is 4.67. The van der Waals surface area contributed by atoms with Crippen molar-refractivity contribution in [3.8, 4) is 11.5 Å². The Morgan fingerprint density at radius 3 is 1.52 bits per heavy atom. The summed E-state index contributed by atoms with van der Waals surface area (Å²) < 4.78 is 46.2. The van der Waals surface area contributed by atoms with Crippen molar-refractivity contribution in [3.05, 3.63) is 128 Å². The molecule has 2 saturated heterocycles. The lowest BCUT2D eigenvalue weighted by atomic mass is 9.81. The number of hydrogen-bond acceptors (Lipinski definition) is 14. The minimum Gasteiger partial charge on any atom is -0.494 e. The van der Waals surface area contributed by atoms with Crippen molar-refractivity contribution in [2.75, 3.05) is 34.0 Å². The average molecular weight is 958 g/mol. The molecule has 0 bridgehead atoms. The molecule has 0 radical (unpaired) electrons. The molecule has 14 nitrogen and oxygen atoms in total. The van der Waals surface area contributed by atoms with Crippen molar-refractivity contribution < 1.29 is 67.9 Å². The van der Waals surface area contributed by atoms with E-state index in [2.05, 4.69) is 0 Å². The molecule has 2 heterocycles. The summed E-state index contributed by atoms with van der Waals surface area (Å²) in [6.07, 6.45) is -6.15. The molecule has 2 unspecified atom stereocenters. The minimum absolute atomic E-state index is 0.234. The largest absolute Gasteiger partial charge is 0.494 e. The van der Waals surface area contributed by atoms with Gasteiger partial charge in [-0.15, -0.1) is 0 Å². The highest BCUT2D eigenvalue weighted by molar-refractivity contribution is 6.31. The smallest absolute Gasteiger partial charge is 0.303 e. The van der Waals surface area contributed by atoms with Gasteiger partial charge < -0.3 is 58.3 Å². The van der Waals surface area contributed by atoms with Crippen molar-refractivity contribution in [2.24, 2.45) is 5.92 Å². The number of carbonyl (C=O) groups excluding carboxylic acids is 2. The molecule has 4 aromatic carbocycles. The molecule has 16 heteroatoms. The van der Waals surface area contributed by atoms with Gasteiger partial charge in [0.25, 0.3) is 0 Å². The first-order valence-electron chi connectivity index (χ1n) is 22.0. The van der Waals surface area contributed by atoms with E-state index in [-0.39, 0.29) is 12.0 Å². The average Bonchev–Trinajstić information content (AvgIpc) is 3.30. The number of rotatable bonds is 16. The zero-order valence-corrected chi connectivity index (χ0v) is 40.1. The van der Waals surface area contributed by atoms with Gasteiger partial charge in [-0.25, -0.2) is 0 Å². The van der Waals surface area contributed by atoms with Gasteiger partial charge in [0, 0.05) is 55.2 Å². The Morgan fingerprint density at radius 1 is 0.652 bits per heavy atom. The summed E-state index contributed by atoms with van der Waals surface area (Å²) >= 11 is 13.0. The molecule has 0 aliphatic carbocycles. The van der Waals surface area contributed by atoms with Gasteiger partial charge in [-0.3, -0.25) is 9.59 Å². The summed E-state index contributed by atoms with van der Waals surface area (Å²) in [7, 11) is 2.81. The molecule has 66 heavy (non-hydrogen) atoms. The van der Waals surface area contributed by atoms with E-state index in [9.17, 15) is 30.0 Å². The van der Waals surface area contributed by atoms with E-state index in [4.69, 9.17) is 61.1 Å². The fraction of sp³-hybridized carbons (Fsp3) is 0.480. The highest BCUT2D eigenvalue weighted by Gasteiger charge is 2.59. The number of ether oxygens (including phenoxy) is 8. The maximum atomic E-state index is 12.2. The number of benzene rings is 4. The highest BCUT2D eigenvalue weighted by Crippen LogP contribution is 2.46. The van der Waals surface area contributed by atoms with E-state index in [1.807, 2.05) is 82.3 Å². The van der Waals surface area contributed by atoms with Crippen molar-refractivity contribution in [2.45, 2.75) is 115 Å². The normalized spacial score (nSPS) is 27.2. The van der Waals surface area contributed by atoms with E-state index in [0.717, 1.165) is 33.8 Å². The number of methoxy groups -OCH3 is 2. The van der Waals surface area contributed by atoms with Crippen LogP contribution < -0.4 is 9.47 Å². The Bertz CT molecular complexity index is 2200. The van der Waals surface area contributed by atoms with Crippen molar-refractivity contribution in [1.82, 2.24) is 0 Å². The fourth-order valence-corrected chi connectivity index (χ4v) is 8.83. The van der Waals surface area contributed by atoms with E-state index in [1.165, 1.54) is 28.1 Å². The fourth-order valence-electron chi connectivity index (χ4n) is 8.46. The van der Waals surface area contributed by atoms with Crippen LogP contribution in [0.2, 0.25) is 10.0 Å². The summed E-state index contributed by atoms with van der Waals surface area (Å²) in [6.45, 7) is 11.0. The molecule has 0 saturated carbocycles. The first-order chi connectivity index (χ1) is 31.5. The zero-order valence-electron chi connectivity index (χ0n) is 38.6. The molecule has 360 valence electrons. The third-order valence-electron chi connectivity index (χ3n) is 11.8. The van der Waals surface area contributed by atoms with Crippen molar-refractivity contribution >= 4 is 35.1 Å². The minimum atomic E-state index is -1.77. The molecule has 10 atom stereocenters. The zero-order chi connectivity index (χ0) is 48.3. The van der Waals surface area contributed by atoms with Gasteiger partial charge in [0.15, 0.2) is 6.10 Å². The van der Waals surface area contributed by atoms with Crippen LogP contribution in [0.4, 0.5) is 0 Å². The monoisotopic (exact) mass is 956 g/mol. The van der Waals surface area contributed by atoms with E-state index >= 15 is 0 Å². The van der Waals surface area contributed by atoms with Crippen LogP contribution in [0.15, 0.2) is 84.9 Å². The van der Waals surface area contributed by atoms with E-state index in [1.54, 1.807) is 30.3 Å². The molecular weight excluding hydrogens is 895 g/mol. The molecule has 4 aromatic rings. The van der Waals surface area contributed by atoms with Gasteiger partial charge in [0.05, 0.1) is 25.9 Å². The van der Waals surface area contributed by atoms with Crippen LogP contribution in [0.1, 0.15) is 81.3 Å². The van der Waals surface area contributed by atoms with Crippen LogP contribution in [0.5, 0.6) is 11.5 Å². The van der Waals surface area contributed by atoms with Gasteiger partial charge in [-0.1, -0.05) is 73.4 Å². The quantitative estimate of drug-likeness (QED) is 0.0838. The second-order valence-corrected chi connectivity index (χ2v) is 17.0. The topological polar surface area (TPSA) is 189 Å². The molecule has 0 spiro atoms. The molecule has 0 aromatic heterocycles. The Balaban J connectivity index is 0.000000251. The summed E-state index contributed by atoms with van der Waals surface area (Å²) in [6, 6.07) is 25.9. The molecule has 6 rings (SSSR count). The highest BCUT2D eigenvalue weighted by atomic mass is 35.5. The van der Waals surface area contributed by atoms with Crippen LogP contribution in [-0.4, -0.2) is 109 Å². The molecule has 2 aliphatic heterocycles. The molecular formula is C50H62Cl2O14. The maximum absolute atomic E-state index is 12.2. The molecule has 2 aliphatic rings. The van der Waals surface area contributed by atoms with Crippen molar-refractivity contribution in [3.63, 3.8) is 0 Å². The number of aliphatic hydroxyl groups is 4. The first-order valence-corrected chi connectivity index (χ1v) is 22.7. The molecule has 0 amide bonds. The third-order valence-corrected chi connectivity index (χ3v) is 12.5. The van der Waals surface area contributed by atoms with E-state index < -0.39 is 66.7 Å². The summed E-state index contributed by atoms with van der Waals surface area (Å²) in [4.78, 5) is 24.2. The van der Waals surface area contributed by atoms with Crippen LogP contribution >= 0.6 is 23.2 Å². The number of aliphatic hydroxyl groups excluding tert-OH is 4. The van der Waals surface area contributed by atoms with Gasteiger partial charge in [-0.05, 0) is 104 Å². The molecule has 4 N–H and O–H groups in total. The number of hydrogen-bond donors (Lipinski definition) is 4. The van der Waals surface area contributed by atoms with Gasteiger partial charge in [-0.2, -0.15) is 0 Å². The van der Waals surface area contributed by atoms with Crippen LogP contribution in [-0.2, 0) is 62.4 Å². The Kier molecular flexibility index (Phi) is 18.8. The molecule has 2 fully saturated rings. The first kappa shape index (κ1) is 52.6. The lowest BCUT2D eigenvalue weighted by molar-refractivity contribution is -0.366.